The lowest BCUT2D eigenvalue weighted by atomic mass is 10.0. The molecule has 0 bridgehead atoms. The molecule has 0 fully saturated rings. The first kappa shape index (κ1) is 27.3. The van der Waals surface area contributed by atoms with Crippen LogP contribution in [0.5, 0.6) is 5.75 Å². The number of esters is 1. The number of nitriles is 1. The Balaban J connectivity index is 1.98. The minimum absolute atomic E-state index is 0.177. The van der Waals surface area contributed by atoms with Crippen LogP contribution in [-0.2, 0) is 15.8 Å². The van der Waals surface area contributed by atoms with Gasteiger partial charge < -0.3 is 18.6 Å². The number of hydrogen-bond acceptors (Lipinski definition) is 5. The van der Waals surface area contributed by atoms with Crippen molar-refractivity contribution < 1.29 is 18.8 Å². The highest BCUT2D eigenvalue weighted by Crippen LogP contribution is 2.34. The number of carbonyl (C=O) groups excluding carboxylic acids is 1. The third-order valence-corrected chi connectivity index (χ3v) is 8.54. The van der Waals surface area contributed by atoms with Crippen molar-refractivity contribution in [3.8, 4) is 11.8 Å². The SMILES string of the molecule is CCOC(=O)c1c([PH](=O)c2cc(C)c(C)c(C=CC#N)c2)c2cc(Cl)ccc2n1Cc1ccc(OC)cc1. The second-order valence-corrected chi connectivity index (χ2v) is 11.0. The van der Waals surface area contributed by atoms with Gasteiger partial charge in [0, 0.05) is 33.9 Å². The minimum atomic E-state index is -2.71. The van der Waals surface area contributed by atoms with E-state index in [0.717, 1.165) is 33.5 Å². The zero-order valence-corrected chi connectivity index (χ0v) is 23.4. The first-order chi connectivity index (χ1) is 18.3. The Morgan fingerprint density at radius 1 is 1.13 bits per heavy atom. The molecule has 4 aromatic rings. The molecule has 0 aliphatic rings. The predicted molar refractivity (Wildman–Crippen MR) is 154 cm³/mol. The van der Waals surface area contributed by atoms with Gasteiger partial charge in [-0.2, -0.15) is 5.26 Å². The van der Waals surface area contributed by atoms with E-state index in [9.17, 15) is 9.36 Å². The molecule has 1 aromatic heterocycles. The summed E-state index contributed by atoms with van der Waals surface area (Å²) in [5, 5.41) is 11.1. The van der Waals surface area contributed by atoms with Gasteiger partial charge in [0.25, 0.3) is 0 Å². The van der Waals surface area contributed by atoms with Crippen LogP contribution in [0, 0.1) is 25.2 Å². The molecule has 3 aromatic carbocycles. The maximum atomic E-state index is 14.4. The second kappa shape index (κ2) is 11.7. The molecule has 1 heterocycles. The summed E-state index contributed by atoms with van der Waals surface area (Å²) < 4.78 is 26.9. The van der Waals surface area contributed by atoms with Crippen LogP contribution in [0.4, 0.5) is 0 Å². The van der Waals surface area contributed by atoms with Crippen molar-refractivity contribution in [1.29, 1.82) is 5.26 Å². The number of fused-ring (bicyclic) bond motifs is 1. The third-order valence-electron chi connectivity index (χ3n) is 6.53. The van der Waals surface area contributed by atoms with Crippen molar-refractivity contribution in [2.75, 3.05) is 13.7 Å². The fourth-order valence-electron chi connectivity index (χ4n) is 4.51. The van der Waals surface area contributed by atoms with Crippen molar-refractivity contribution >= 4 is 53.0 Å². The summed E-state index contributed by atoms with van der Waals surface area (Å²) in [5.74, 6) is 0.181. The number of allylic oxidation sites excluding steroid dienone is 1. The maximum Gasteiger partial charge on any atom is 0.355 e. The van der Waals surface area contributed by atoms with Gasteiger partial charge in [-0.15, -0.1) is 0 Å². The van der Waals surface area contributed by atoms with Gasteiger partial charge >= 0.3 is 5.97 Å². The van der Waals surface area contributed by atoms with Crippen LogP contribution in [0.2, 0.25) is 5.02 Å². The van der Waals surface area contributed by atoms with Crippen LogP contribution < -0.4 is 15.3 Å². The minimum Gasteiger partial charge on any atom is -0.497 e. The molecule has 1 unspecified atom stereocenters. The average molecular weight is 547 g/mol. The molecule has 0 saturated heterocycles. The van der Waals surface area contributed by atoms with Crippen LogP contribution in [-0.4, -0.2) is 24.3 Å². The Kier molecular flexibility index (Phi) is 8.42. The first-order valence-corrected chi connectivity index (χ1v) is 13.9. The second-order valence-electron chi connectivity index (χ2n) is 8.84. The Labute approximate surface area is 227 Å². The molecule has 0 aliphatic heterocycles. The predicted octanol–water partition coefficient (Wildman–Crippen LogP) is 6.19. The van der Waals surface area contributed by atoms with Crippen molar-refractivity contribution in [2.45, 2.75) is 27.3 Å². The molecule has 1 atom stereocenters. The maximum absolute atomic E-state index is 14.4. The summed E-state index contributed by atoms with van der Waals surface area (Å²) in [4.78, 5) is 13.4. The number of ether oxygens (including phenoxy) is 2. The Morgan fingerprint density at radius 3 is 2.53 bits per heavy atom. The van der Waals surface area contributed by atoms with Crippen molar-refractivity contribution in [3.05, 3.63) is 93.6 Å². The van der Waals surface area contributed by atoms with E-state index in [1.165, 1.54) is 6.08 Å². The molecule has 194 valence electrons. The normalized spacial score (nSPS) is 12.0. The number of hydrogen-bond donors (Lipinski definition) is 0. The van der Waals surface area contributed by atoms with Gasteiger partial charge in [-0.05, 0) is 91.6 Å². The van der Waals surface area contributed by atoms with E-state index in [2.05, 4.69) is 0 Å². The molecule has 4 rings (SSSR count). The zero-order chi connectivity index (χ0) is 27.4. The van der Waals surface area contributed by atoms with Gasteiger partial charge in [-0.25, -0.2) is 4.79 Å². The summed E-state index contributed by atoms with van der Waals surface area (Å²) in [7, 11) is -1.11. The fourth-order valence-corrected chi connectivity index (χ4v) is 6.50. The van der Waals surface area contributed by atoms with Crippen LogP contribution in [0.1, 0.15) is 39.7 Å². The number of aromatic nitrogens is 1. The van der Waals surface area contributed by atoms with Crippen molar-refractivity contribution in [3.63, 3.8) is 0 Å². The number of aryl methyl sites for hydroxylation is 1. The van der Waals surface area contributed by atoms with Crippen LogP contribution >= 0.6 is 19.4 Å². The lowest BCUT2D eigenvalue weighted by molar-refractivity contribution is 0.0516. The highest BCUT2D eigenvalue weighted by molar-refractivity contribution is 7.62. The van der Waals surface area contributed by atoms with Gasteiger partial charge in [0.2, 0.25) is 0 Å². The molecule has 0 spiro atoms. The van der Waals surface area contributed by atoms with Gasteiger partial charge in [-0.3, -0.25) is 0 Å². The highest BCUT2D eigenvalue weighted by Gasteiger charge is 2.28. The van der Waals surface area contributed by atoms with Crippen LogP contribution in [0.25, 0.3) is 17.0 Å². The largest absolute Gasteiger partial charge is 0.497 e. The average Bonchev–Trinajstić information content (AvgIpc) is 3.22. The zero-order valence-electron chi connectivity index (χ0n) is 21.7. The molecule has 0 amide bonds. The van der Waals surface area contributed by atoms with E-state index in [1.807, 2.05) is 66.9 Å². The number of benzene rings is 3. The molecule has 38 heavy (non-hydrogen) atoms. The molecule has 0 N–H and O–H groups in total. The standard InChI is InChI=1S/C30H28ClN2O4P/c1-5-37-30(34)28-29(38(35)25-15-19(2)20(3)22(16-25)7-6-14-32)26-17-23(31)10-13-27(26)33(28)18-21-8-11-24(36-4)12-9-21/h6-13,15-17,38H,5,18H2,1-4H3. The molecule has 0 saturated carbocycles. The van der Waals surface area contributed by atoms with Crippen molar-refractivity contribution in [2.24, 2.45) is 0 Å². The van der Waals surface area contributed by atoms with E-state index in [-0.39, 0.29) is 12.3 Å². The highest BCUT2D eigenvalue weighted by atomic mass is 35.5. The summed E-state index contributed by atoms with van der Waals surface area (Å²) >= 11 is 6.40. The monoisotopic (exact) mass is 546 g/mol. The van der Waals surface area contributed by atoms with E-state index < -0.39 is 13.8 Å². The molecule has 0 radical (unpaired) electrons. The quantitative estimate of drug-likeness (QED) is 0.149. The van der Waals surface area contributed by atoms with E-state index in [1.54, 1.807) is 32.2 Å². The lowest BCUT2D eigenvalue weighted by Gasteiger charge is -2.13. The van der Waals surface area contributed by atoms with E-state index in [0.29, 0.717) is 27.6 Å². The molecule has 8 heteroatoms. The molecular formula is C30H28ClN2O4P. The first-order valence-electron chi connectivity index (χ1n) is 12.1. The Hall–Kier alpha value is -3.78. The van der Waals surface area contributed by atoms with Gasteiger partial charge in [0.1, 0.15) is 19.2 Å². The third kappa shape index (κ3) is 5.41. The summed E-state index contributed by atoms with van der Waals surface area (Å²) in [6.45, 7) is 6.17. The summed E-state index contributed by atoms with van der Waals surface area (Å²) in [6, 6.07) is 18.6. The van der Waals surface area contributed by atoms with Gasteiger partial charge in [0.15, 0.2) is 0 Å². The number of nitrogens with zero attached hydrogens (tertiary/aromatic N) is 2. The topological polar surface area (TPSA) is 81.3 Å². The Bertz CT molecular complexity index is 1610. The van der Waals surface area contributed by atoms with E-state index in [4.69, 9.17) is 26.3 Å². The van der Waals surface area contributed by atoms with Crippen molar-refractivity contribution in [1.82, 2.24) is 4.57 Å². The number of halogens is 1. The fraction of sp³-hybridized carbons (Fsp3) is 0.200. The Morgan fingerprint density at radius 2 is 1.87 bits per heavy atom. The molecule has 0 aliphatic carbocycles. The number of carbonyl (C=O) groups is 1. The van der Waals surface area contributed by atoms with Gasteiger partial charge in [0.05, 0.1) is 25.1 Å². The number of rotatable bonds is 8. The number of methoxy groups -OCH3 is 1. The van der Waals surface area contributed by atoms with Crippen LogP contribution in [0.15, 0.2) is 60.7 Å². The summed E-state index contributed by atoms with van der Waals surface area (Å²) in [6.07, 6.45) is 3.10. The summed E-state index contributed by atoms with van der Waals surface area (Å²) in [5.41, 5.74) is 4.65. The van der Waals surface area contributed by atoms with Gasteiger partial charge in [-0.1, -0.05) is 23.7 Å². The van der Waals surface area contributed by atoms with E-state index >= 15 is 0 Å². The molecular weight excluding hydrogens is 519 g/mol. The van der Waals surface area contributed by atoms with Crippen LogP contribution in [0.3, 0.4) is 0 Å². The smallest absolute Gasteiger partial charge is 0.355 e. The molecule has 6 nitrogen and oxygen atoms in total. The lowest BCUT2D eigenvalue weighted by Crippen LogP contribution is -2.21.